The summed E-state index contributed by atoms with van der Waals surface area (Å²) in [6.45, 7) is 9.69. The lowest BCUT2D eigenvalue weighted by molar-refractivity contribution is -0.143. The molecule has 1 aliphatic heterocycles. The summed E-state index contributed by atoms with van der Waals surface area (Å²) in [6.07, 6.45) is 2.17. The molecule has 198 valence electrons. The molecular weight excluding hydrogens is 509 g/mol. The Hall–Kier alpha value is -1.92. The molecule has 36 heavy (non-hydrogen) atoms. The second-order valence-electron chi connectivity index (χ2n) is 10.7. The fourth-order valence-corrected chi connectivity index (χ4v) is 7.06. The van der Waals surface area contributed by atoms with Gasteiger partial charge >= 0.3 is 6.18 Å². The smallest absolute Gasteiger partial charge is 0.381 e. The summed E-state index contributed by atoms with van der Waals surface area (Å²) in [5.41, 5.74) is 5.23. The third kappa shape index (κ3) is 5.65. The summed E-state index contributed by atoms with van der Waals surface area (Å²) >= 11 is 0.810. The fourth-order valence-electron chi connectivity index (χ4n) is 5.12. The lowest BCUT2D eigenvalue weighted by Crippen LogP contribution is -2.53. The quantitative estimate of drug-likeness (QED) is 0.545. The van der Waals surface area contributed by atoms with E-state index in [4.69, 9.17) is 5.73 Å². The first-order chi connectivity index (χ1) is 16.8. The van der Waals surface area contributed by atoms with Crippen LogP contribution in [0.4, 0.5) is 24.8 Å². The van der Waals surface area contributed by atoms with Crippen molar-refractivity contribution in [1.29, 1.82) is 0 Å². The molecule has 0 bridgehead atoms. The molecule has 3 N–H and O–H groups in total. The summed E-state index contributed by atoms with van der Waals surface area (Å²) < 4.78 is 55.9. The van der Waals surface area contributed by atoms with E-state index in [0.29, 0.717) is 11.7 Å². The molecule has 12 heteroatoms. The van der Waals surface area contributed by atoms with Crippen molar-refractivity contribution in [3.05, 3.63) is 30.2 Å². The van der Waals surface area contributed by atoms with Crippen molar-refractivity contribution in [2.45, 2.75) is 80.3 Å². The zero-order valence-electron chi connectivity index (χ0n) is 20.9. The van der Waals surface area contributed by atoms with E-state index in [-0.39, 0.29) is 31.9 Å². The van der Waals surface area contributed by atoms with Gasteiger partial charge in [0.2, 0.25) is 0 Å². The molecule has 2 unspecified atom stereocenters. The van der Waals surface area contributed by atoms with Crippen LogP contribution < -0.4 is 15.4 Å². The van der Waals surface area contributed by atoms with E-state index >= 15 is 0 Å². The van der Waals surface area contributed by atoms with Gasteiger partial charge in [-0.3, -0.25) is 4.98 Å². The summed E-state index contributed by atoms with van der Waals surface area (Å²) in [5.74, 6) is 1.15. The summed E-state index contributed by atoms with van der Waals surface area (Å²) in [6, 6.07) is 2.98. The largest absolute Gasteiger partial charge is 0.434 e. The SMILES string of the molecule is CC1CCC2(CCN(c3cnc(Sc4cccnc4C(F)(F)F)c(N)n3)CC2)[C@@H]1NS(=O)C(C)(C)C. The van der Waals surface area contributed by atoms with Gasteiger partial charge in [0, 0.05) is 30.2 Å². The molecule has 2 aliphatic rings. The highest BCUT2D eigenvalue weighted by Gasteiger charge is 2.49. The van der Waals surface area contributed by atoms with Crippen LogP contribution in [0.1, 0.15) is 59.1 Å². The number of hydrogen-bond donors (Lipinski definition) is 2. The molecule has 2 aromatic heterocycles. The first-order valence-corrected chi connectivity index (χ1v) is 14.0. The fraction of sp³-hybridized carbons (Fsp3) is 0.625. The van der Waals surface area contributed by atoms with Gasteiger partial charge in [-0.15, -0.1) is 0 Å². The van der Waals surface area contributed by atoms with Gasteiger partial charge < -0.3 is 10.6 Å². The summed E-state index contributed by atoms with van der Waals surface area (Å²) in [5, 5.41) is 0.212. The van der Waals surface area contributed by atoms with Crippen molar-refractivity contribution in [2.24, 2.45) is 11.3 Å². The Balaban J connectivity index is 1.45. The molecule has 4 rings (SSSR count). The maximum Gasteiger partial charge on any atom is 0.434 e. The number of nitrogens with one attached hydrogen (secondary N) is 1. The molecule has 1 saturated heterocycles. The number of nitrogen functional groups attached to an aromatic ring is 1. The second-order valence-corrected chi connectivity index (χ2v) is 13.7. The molecule has 1 aliphatic carbocycles. The van der Waals surface area contributed by atoms with Crippen LogP contribution in [0.3, 0.4) is 0 Å². The predicted molar refractivity (Wildman–Crippen MR) is 137 cm³/mol. The number of anilines is 2. The average Bonchev–Trinajstić information content (AvgIpc) is 3.09. The standard InChI is InChI=1S/C24H33F3N6OS2/c1-15-7-8-23(18(15)32-36(34)22(2,3)4)9-12-33(13-10-23)17-14-30-21(20(28)31-17)35-16-6-5-11-29-19(16)24(25,26)27/h5-6,11,14-15,18,32H,7-10,12-13H2,1-4H3,(H2,28,31)/t15?,18-,36?/m1/s1. The van der Waals surface area contributed by atoms with Crippen LogP contribution in [0.25, 0.3) is 0 Å². The van der Waals surface area contributed by atoms with Crippen LogP contribution >= 0.6 is 11.8 Å². The van der Waals surface area contributed by atoms with E-state index < -0.39 is 22.9 Å². The van der Waals surface area contributed by atoms with Crippen LogP contribution in [-0.2, 0) is 17.2 Å². The van der Waals surface area contributed by atoms with Crippen molar-refractivity contribution >= 4 is 34.4 Å². The Kier molecular flexibility index (Phi) is 7.60. The third-order valence-corrected chi connectivity index (χ3v) is 9.83. The Morgan fingerprint density at radius 2 is 1.89 bits per heavy atom. The molecule has 7 nitrogen and oxygen atoms in total. The van der Waals surface area contributed by atoms with Gasteiger partial charge in [0.05, 0.1) is 21.9 Å². The van der Waals surface area contributed by atoms with Crippen LogP contribution in [0, 0.1) is 11.3 Å². The predicted octanol–water partition coefficient (Wildman–Crippen LogP) is 5.06. The van der Waals surface area contributed by atoms with E-state index in [1.54, 1.807) is 6.20 Å². The molecule has 1 spiro atoms. The maximum absolute atomic E-state index is 13.3. The van der Waals surface area contributed by atoms with Crippen molar-refractivity contribution in [3.8, 4) is 0 Å². The van der Waals surface area contributed by atoms with Gasteiger partial charge in [-0.1, -0.05) is 18.7 Å². The molecular formula is C24H33F3N6OS2. The molecule has 3 heterocycles. The first-order valence-electron chi connectivity index (χ1n) is 12.1. The lowest BCUT2D eigenvalue weighted by atomic mass is 9.73. The van der Waals surface area contributed by atoms with Crippen LogP contribution in [-0.4, -0.2) is 43.0 Å². The molecule has 1 saturated carbocycles. The van der Waals surface area contributed by atoms with Crippen LogP contribution in [0.15, 0.2) is 34.4 Å². The normalized spacial score (nSPS) is 23.2. The highest BCUT2D eigenvalue weighted by molar-refractivity contribution is 7.99. The van der Waals surface area contributed by atoms with E-state index in [0.717, 1.165) is 56.7 Å². The number of nitrogens with two attached hydrogens (primary N) is 1. The molecule has 0 aromatic carbocycles. The number of pyridine rings is 1. The average molecular weight is 543 g/mol. The van der Waals surface area contributed by atoms with Gasteiger partial charge in [-0.05, 0) is 69.9 Å². The molecule has 3 atom stereocenters. The highest BCUT2D eigenvalue weighted by Crippen LogP contribution is 2.50. The number of hydrogen-bond acceptors (Lipinski definition) is 7. The van der Waals surface area contributed by atoms with Crippen molar-refractivity contribution in [1.82, 2.24) is 19.7 Å². The minimum absolute atomic E-state index is 0.0693. The Morgan fingerprint density at radius 3 is 2.50 bits per heavy atom. The maximum atomic E-state index is 13.3. The van der Waals surface area contributed by atoms with E-state index in [1.165, 1.54) is 12.1 Å². The minimum atomic E-state index is -4.57. The lowest BCUT2D eigenvalue weighted by Gasteiger charge is -2.45. The second kappa shape index (κ2) is 10.1. The van der Waals surface area contributed by atoms with Gasteiger partial charge in [0.1, 0.15) is 10.8 Å². The number of nitrogens with zero attached hydrogens (tertiary/aromatic N) is 4. The van der Waals surface area contributed by atoms with Gasteiger partial charge in [-0.2, -0.15) is 13.2 Å². The highest BCUT2D eigenvalue weighted by atomic mass is 32.2. The number of aromatic nitrogens is 3. The monoisotopic (exact) mass is 542 g/mol. The number of rotatable bonds is 5. The topological polar surface area (TPSA) is 97.0 Å². The summed E-state index contributed by atoms with van der Waals surface area (Å²) in [4.78, 5) is 14.3. The van der Waals surface area contributed by atoms with E-state index in [9.17, 15) is 17.4 Å². The molecule has 2 aromatic rings. The minimum Gasteiger partial charge on any atom is -0.381 e. The van der Waals surface area contributed by atoms with Crippen LogP contribution in [0.2, 0.25) is 0 Å². The number of piperidine rings is 1. The van der Waals surface area contributed by atoms with Crippen molar-refractivity contribution < 1.29 is 17.4 Å². The third-order valence-electron chi connectivity index (χ3n) is 7.20. The van der Waals surface area contributed by atoms with E-state index in [1.807, 2.05) is 20.8 Å². The van der Waals surface area contributed by atoms with Gasteiger partial charge in [-0.25, -0.2) is 18.9 Å². The zero-order valence-corrected chi connectivity index (χ0v) is 22.6. The Labute approximate surface area is 216 Å². The molecule has 2 fully saturated rings. The zero-order chi connectivity index (χ0) is 26.3. The molecule has 0 radical (unpaired) electrons. The Morgan fingerprint density at radius 1 is 1.19 bits per heavy atom. The first kappa shape index (κ1) is 27.1. The van der Waals surface area contributed by atoms with Crippen LogP contribution in [0.5, 0.6) is 0 Å². The molecule has 0 amide bonds. The van der Waals surface area contributed by atoms with Gasteiger partial charge in [0.15, 0.2) is 11.5 Å². The number of alkyl halides is 3. The van der Waals surface area contributed by atoms with Crippen molar-refractivity contribution in [3.63, 3.8) is 0 Å². The van der Waals surface area contributed by atoms with E-state index in [2.05, 4.69) is 31.5 Å². The van der Waals surface area contributed by atoms with Crippen molar-refractivity contribution in [2.75, 3.05) is 23.7 Å². The Bertz CT molecular complexity index is 1120. The number of halogens is 3. The van der Waals surface area contributed by atoms with Gasteiger partial charge in [0.25, 0.3) is 0 Å². The summed E-state index contributed by atoms with van der Waals surface area (Å²) in [7, 11) is -1.13.